The molecule has 0 spiro atoms. The lowest BCUT2D eigenvalue weighted by atomic mass is 9.99. The second-order valence-electron chi connectivity index (χ2n) is 4.81. The number of rotatable bonds is 5. The molecule has 1 aromatic rings. The first-order valence-corrected chi connectivity index (χ1v) is 7.11. The molecule has 1 N–H and O–H groups in total. The maximum atomic E-state index is 14.2. The van der Waals surface area contributed by atoms with Crippen LogP contribution in [0.25, 0.3) is 0 Å². The van der Waals surface area contributed by atoms with Crippen LogP contribution >= 0.6 is 11.6 Å². The molecule has 4 heteroatoms. The lowest BCUT2D eigenvalue weighted by Crippen LogP contribution is -2.45. The molecule has 0 aromatic heterocycles. The molecule has 0 aliphatic carbocycles. The molecule has 1 saturated heterocycles. The Balaban J connectivity index is 2.24. The Kier molecular flexibility index (Phi) is 5.37. The summed E-state index contributed by atoms with van der Waals surface area (Å²) in [6.45, 7) is 7.54. The fourth-order valence-corrected chi connectivity index (χ4v) is 2.76. The van der Waals surface area contributed by atoms with Gasteiger partial charge in [-0.1, -0.05) is 29.8 Å². The van der Waals surface area contributed by atoms with Gasteiger partial charge in [0.1, 0.15) is 5.82 Å². The number of piperazine rings is 1. The number of hydrogen-bond donors (Lipinski definition) is 1. The van der Waals surface area contributed by atoms with E-state index >= 15 is 0 Å². The molecule has 0 unspecified atom stereocenters. The summed E-state index contributed by atoms with van der Waals surface area (Å²) in [6, 6.07) is 5.35. The molecule has 1 heterocycles. The molecule has 19 heavy (non-hydrogen) atoms. The van der Waals surface area contributed by atoms with Gasteiger partial charge in [-0.15, -0.1) is 6.58 Å². The zero-order valence-corrected chi connectivity index (χ0v) is 11.8. The van der Waals surface area contributed by atoms with Crippen LogP contribution in [0.3, 0.4) is 0 Å². The van der Waals surface area contributed by atoms with Crippen LogP contribution in [0.4, 0.5) is 4.39 Å². The molecule has 1 aliphatic rings. The van der Waals surface area contributed by atoms with E-state index < -0.39 is 0 Å². The van der Waals surface area contributed by atoms with Crippen molar-refractivity contribution in [2.75, 3.05) is 26.2 Å². The second-order valence-corrected chi connectivity index (χ2v) is 5.22. The van der Waals surface area contributed by atoms with Crippen molar-refractivity contribution in [3.05, 3.63) is 47.3 Å². The number of allylic oxidation sites excluding steroid dienone is 1. The van der Waals surface area contributed by atoms with E-state index in [1.165, 1.54) is 0 Å². The molecule has 0 bridgehead atoms. The predicted molar refractivity (Wildman–Crippen MR) is 78.0 cm³/mol. The maximum absolute atomic E-state index is 14.2. The van der Waals surface area contributed by atoms with E-state index in [-0.39, 0.29) is 16.9 Å². The minimum Gasteiger partial charge on any atom is -0.314 e. The first-order chi connectivity index (χ1) is 9.24. The van der Waals surface area contributed by atoms with Gasteiger partial charge in [-0.3, -0.25) is 4.90 Å². The molecule has 2 rings (SSSR count). The van der Waals surface area contributed by atoms with Crippen LogP contribution < -0.4 is 5.32 Å². The summed E-state index contributed by atoms with van der Waals surface area (Å²) in [7, 11) is 0. The van der Waals surface area contributed by atoms with Crippen molar-refractivity contribution >= 4 is 11.6 Å². The van der Waals surface area contributed by atoms with Gasteiger partial charge in [0.2, 0.25) is 0 Å². The molecular weight excluding hydrogens is 263 g/mol. The highest BCUT2D eigenvalue weighted by Crippen LogP contribution is 2.31. The first-order valence-electron chi connectivity index (χ1n) is 6.73. The van der Waals surface area contributed by atoms with Crippen molar-refractivity contribution in [3.8, 4) is 0 Å². The highest BCUT2D eigenvalue weighted by molar-refractivity contribution is 6.30. The van der Waals surface area contributed by atoms with Crippen molar-refractivity contribution in [1.82, 2.24) is 10.2 Å². The number of benzene rings is 1. The first kappa shape index (κ1) is 14.5. The molecular formula is C15H20ClFN2. The average molecular weight is 283 g/mol. The van der Waals surface area contributed by atoms with Gasteiger partial charge in [-0.2, -0.15) is 0 Å². The fraction of sp³-hybridized carbons (Fsp3) is 0.467. The van der Waals surface area contributed by atoms with Crippen molar-refractivity contribution in [1.29, 1.82) is 0 Å². The molecule has 104 valence electrons. The van der Waals surface area contributed by atoms with Crippen molar-refractivity contribution in [2.45, 2.75) is 18.9 Å². The Bertz CT molecular complexity index is 430. The van der Waals surface area contributed by atoms with Gasteiger partial charge >= 0.3 is 0 Å². The third kappa shape index (κ3) is 3.56. The minimum atomic E-state index is -0.281. The van der Waals surface area contributed by atoms with E-state index in [9.17, 15) is 4.39 Å². The van der Waals surface area contributed by atoms with Gasteiger partial charge in [-0.25, -0.2) is 4.39 Å². The highest BCUT2D eigenvalue weighted by Gasteiger charge is 2.24. The van der Waals surface area contributed by atoms with Crippen molar-refractivity contribution in [2.24, 2.45) is 0 Å². The molecule has 1 aliphatic heterocycles. The summed E-state index contributed by atoms with van der Waals surface area (Å²) >= 11 is 5.90. The Labute approximate surface area is 119 Å². The quantitative estimate of drug-likeness (QED) is 0.833. The zero-order valence-electron chi connectivity index (χ0n) is 11.0. The predicted octanol–water partition coefficient (Wildman–Crippen LogP) is 3.39. The summed E-state index contributed by atoms with van der Waals surface area (Å²) in [5, 5.41) is 3.53. The van der Waals surface area contributed by atoms with E-state index in [1.54, 1.807) is 6.07 Å². The van der Waals surface area contributed by atoms with E-state index in [4.69, 9.17) is 11.6 Å². The Morgan fingerprint density at radius 3 is 2.84 bits per heavy atom. The Morgan fingerprint density at radius 2 is 2.16 bits per heavy atom. The van der Waals surface area contributed by atoms with E-state index in [0.717, 1.165) is 39.0 Å². The van der Waals surface area contributed by atoms with Gasteiger partial charge in [-0.05, 0) is 18.9 Å². The highest BCUT2D eigenvalue weighted by atomic mass is 35.5. The molecule has 1 atom stereocenters. The number of halogens is 2. The van der Waals surface area contributed by atoms with E-state index in [1.807, 2.05) is 18.2 Å². The lowest BCUT2D eigenvalue weighted by molar-refractivity contribution is 0.163. The standard InChI is InChI=1S/C15H20ClFN2/c1-2-3-7-14(19-10-8-18-9-11-19)12-5-4-6-13(16)15(12)17/h2,4-6,14,18H,1,3,7-11H2/t14-/m0/s1. The average Bonchev–Trinajstić information content (AvgIpc) is 2.45. The van der Waals surface area contributed by atoms with Gasteiger partial charge in [0, 0.05) is 37.8 Å². The molecule has 0 radical (unpaired) electrons. The lowest BCUT2D eigenvalue weighted by Gasteiger charge is -2.35. The van der Waals surface area contributed by atoms with Gasteiger partial charge in [0.25, 0.3) is 0 Å². The Morgan fingerprint density at radius 1 is 1.42 bits per heavy atom. The van der Waals surface area contributed by atoms with Crippen LogP contribution in [-0.4, -0.2) is 31.1 Å². The summed E-state index contributed by atoms with van der Waals surface area (Å²) in [5.41, 5.74) is 0.705. The van der Waals surface area contributed by atoms with E-state index in [0.29, 0.717) is 5.56 Å². The number of nitrogens with one attached hydrogen (secondary N) is 1. The SMILES string of the molecule is C=CCC[C@@H](c1cccc(Cl)c1F)N1CCNCC1. The largest absolute Gasteiger partial charge is 0.314 e. The van der Waals surface area contributed by atoms with Gasteiger partial charge in [0.15, 0.2) is 0 Å². The maximum Gasteiger partial charge on any atom is 0.146 e. The van der Waals surface area contributed by atoms with Crippen molar-refractivity contribution < 1.29 is 4.39 Å². The molecule has 1 aromatic carbocycles. The molecule has 2 nitrogen and oxygen atoms in total. The van der Waals surface area contributed by atoms with Crippen LogP contribution in [0.15, 0.2) is 30.9 Å². The van der Waals surface area contributed by atoms with Crippen LogP contribution in [0, 0.1) is 5.82 Å². The summed E-state index contributed by atoms with van der Waals surface area (Å²) in [4.78, 5) is 2.33. The topological polar surface area (TPSA) is 15.3 Å². The number of hydrogen-bond acceptors (Lipinski definition) is 2. The molecule has 0 saturated carbocycles. The smallest absolute Gasteiger partial charge is 0.146 e. The number of nitrogens with zero attached hydrogens (tertiary/aromatic N) is 1. The fourth-order valence-electron chi connectivity index (χ4n) is 2.58. The summed E-state index contributed by atoms with van der Waals surface area (Å²) in [5.74, 6) is -0.281. The monoisotopic (exact) mass is 282 g/mol. The summed E-state index contributed by atoms with van der Waals surface area (Å²) in [6.07, 6.45) is 3.64. The normalized spacial score (nSPS) is 18.2. The van der Waals surface area contributed by atoms with Crippen LogP contribution in [-0.2, 0) is 0 Å². The third-order valence-corrected chi connectivity index (χ3v) is 3.87. The Hall–Kier alpha value is -0.900. The van der Waals surface area contributed by atoms with Gasteiger partial charge in [0.05, 0.1) is 5.02 Å². The summed E-state index contributed by atoms with van der Waals surface area (Å²) < 4.78 is 14.2. The van der Waals surface area contributed by atoms with E-state index in [2.05, 4.69) is 16.8 Å². The van der Waals surface area contributed by atoms with Crippen LogP contribution in [0.5, 0.6) is 0 Å². The van der Waals surface area contributed by atoms with Crippen LogP contribution in [0.2, 0.25) is 5.02 Å². The molecule has 0 amide bonds. The van der Waals surface area contributed by atoms with Crippen LogP contribution in [0.1, 0.15) is 24.4 Å². The minimum absolute atomic E-state index is 0.0822. The zero-order chi connectivity index (χ0) is 13.7. The van der Waals surface area contributed by atoms with Crippen molar-refractivity contribution in [3.63, 3.8) is 0 Å². The molecule has 1 fully saturated rings. The second kappa shape index (κ2) is 7.04. The third-order valence-electron chi connectivity index (χ3n) is 3.58. The van der Waals surface area contributed by atoms with Gasteiger partial charge < -0.3 is 5.32 Å².